The highest BCUT2D eigenvalue weighted by molar-refractivity contribution is 5.26. The SMILES string of the molecule is C=C(C)CNCc1ccccc1COC. The lowest BCUT2D eigenvalue weighted by atomic mass is 10.1. The lowest BCUT2D eigenvalue weighted by molar-refractivity contribution is 0.184. The molecule has 0 saturated carbocycles. The zero-order valence-electron chi connectivity index (χ0n) is 9.55. The standard InChI is InChI=1S/C13H19NO/c1-11(2)8-14-9-12-6-4-5-7-13(12)10-15-3/h4-7,14H,1,8-10H2,2-3H3. The smallest absolute Gasteiger partial charge is 0.0716 e. The van der Waals surface area contributed by atoms with Crippen molar-refractivity contribution in [1.82, 2.24) is 5.32 Å². The molecule has 0 radical (unpaired) electrons. The molecule has 1 N–H and O–H groups in total. The highest BCUT2D eigenvalue weighted by atomic mass is 16.5. The van der Waals surface area contributed by atoms with Crippen LogP contribution in [0, 0.1) is 0 Å². The number of hydrogen-bond donors (Lipinski definition) is 1. The summed E-state index contributed by atoms with van der Waals surface area (Å²) in [5, 5.41) is 3.34. The van der Waals surface area contributed by atoms with Gasteiger partial charge in [-0.3, -0.25) is 0 Å². The fraction of sp³-hybridized carbons (Fsp3) is 0.385. The molecule has 0 aliphatic rings. The number of benzene rings is 1. The average Bonchev–Trinajstić information content (AvgIpc) is 2.20. The van der Waals surface area contributed by atoms with E-state index in [4.69, 9.17) is 4.74 Å². The van der Waals surface area contributed by atoms with Gasteiger partial charge in [0.1, 0.15) is 0 Å². The highest BCUT2D eigenvalue weighted by Gasteiger charge is 2.00. The molecule has 1 rings (SSSR count). The van der Waals surface area contributed by atoms with Crippen LogP contribution in [0.1, 0.15) is 18.1 Å². The van der Waals surface area contributed by atoms with Crippen molar-refractivity contribution in [3.05, 3.63) is 47.5 Å². The number of nitrogens with one attached hydrogen (secondary N) is 1. The summed E-state index contributed by atoms with van der Waals surface area (Å²) in [6.45, 7) is 8.28. The van der Waals surface area contributed by atoms with Crippen LogP contribution >= 0.6 is 0 Å². The third kappa shape index (κ3) is 4.28. The molecule has 0 unspecified atom stereocenters. The summed E-state index contributed by atoms with van der Waals surface area (Å²) in [6.07, 6.45) is 0. The van der Waals surface area contributed by atoms with Crippen LogP contribution in [-0.2, 0) is 17.9 Å². The molecule has 0 aliphatic heterocycles. The van der Waals surface area contributed by atoms with Crippen molar-refractivity contribution in [2.75, 3.05) is 13.7 Å². The van der Waals surface area contributed by atoms with E-state index in [1.54, 1.807) is 7.11 Å². The molecule has 0 aromatic heterocycles. The molecule has 2 heteroatoms. The van der Waals surface area contributed by atoms with E-state index in [-0.39, 0.29) is 0 Å². The third-order valence-corrected chi connectivity index (χ3v) is 2.16. The Morgan fingerprint density at radius 3 is 2.60 bits per heavy atom. The molecular weight excluding hydrogens is 186 g/mol. The summed E-state index contributed by atoms with van der Waals surface area (Å²) in [5.41, 5.74) is 3.69. The molecule has 1 aromatic rings. The fourth-order valence-corrected chi connectivity index (χ4v) is 1.44. The lowest BCUT2D eigenvalue weighted by Crippen LogP contribution is -2.16. The molecule has 0 fully saturated rings. The van der Waals surface area contributed by atoms with E-state index in [1.165, 1.54) is 11.1 Å². The zero-order chi connectivity index (χ0) is 11.1. The number of hydrogen-bond acceptors (Lipinski definition) is 2. The maximum atomic E-state index is 5.15. The van der Waals surface area contributed by atoms with Crippen molar-refractivity contribution in [3.63, 3.8) is 0 Å². The molecule has 2 nitrogen and oxygen atoms in total. The Morgan fingerprint density at radius 2 is 2.00 bits per heavy atom. The Hall–Kier alpha value is -1.12. The normalized spacial score (nSPS) is 10.3. The summed E-state index contributed by atoms with van der Waals surface area (Å²) >= 11 is 0. The monoisotopic (exact) mass is 205 g/mol. The van der Waals surface area contributed by atoms with E-state index >= 15 is 0 Å². The van der Waals surface area contributed by atoms with Crippen molar-refractivity contribution >= 4 is 0 Å². The van der Waals surface area contributed by atoms with Crippen LogP contribution in [0.2, 0.25) is 0 Å². The van der Waals surface area contributed by atoms with E-state index in [2.05, 4.69) is 30.1 Å². The molecule has 1 aromatic carbocycles. The minimum absolute atomic E-state index is 0.672. The average molecular weight is 205 g/mol. The Kier molecular flexibility index (Phi) is 5.08. The van der Waals surface area contributed by atoms with Gasteiger partial charge >= 0.3 is 0 Å². The van der Waals surface area contributed by atoms with Gasteiger partial charge < -0.3 is 10.1 Å². The highest BCUT2D eigenvalue weighted by Crippen LogP contribution is 2.09. The predicted octanol–water partition coefficient (Wildman–Crippen LogP) is 2.50. The minimum atomic E-state index is 0.672. The van der Waals surface area contributed by atoms with Gasteiger partial charge in [-0.25, -0.2) is 0 Å². The minimum Gasteiger partial charge on any atom is -0.380 e. The molecule has 0 saturated heterocycles. The van der Waals surface area contributed by atoms with Gasteiger partial charge in [-0.05, 0) is 18.1 Å². The summed E-state index contributed by atoms with van der Waals surface area (Å²) in [4.78, 5) is 0. The molecule has 0 aliphatic carbocycles. The van der Waals surface area contributed by atoms with Gasteiger partial charge in [-0.1, -0.05) is 36.4 Å². The summed E-state index contributed by atoms with van der Waals surface area (Å²) in [7, 11) is 1.72. The Morgan fingerprint density at radius 1 is 1.33 bits per heavy atom. The van der Waals surface area contributed by atoms with E-state index in [9.17, 15) is 0 Å². The van der Waals surface area contributed by atoms with Gasteiger partial charge in [-0.2, -0.15) is 0 Å². The van der Waals surface area contributed by atoms with Crippen molar-refractivity contribution in [2.24, 2.45) is 0 Å². The molecule has 0 bridgehead atoms. The third-order valence-electron chi connectivity index (χ3n) is 2.16. The van der Waals surface area contributed by atoms with Gasteiger partial charge in [-0.15, -0.1) is 0 Å². The summed E-state index contributed by atoms with van der Waals surface area (Å²) < 4.78 is 5.15. The first kappa shape index (κ1) is 12.0. The van der Waals surface area contributed by atoms with Crippen LogP contribution in [0.5, 0.6) is 0 Å². The first-order chi connectivity index (χ1) is 7.24. The summed E-state index contributed by atoms with van der Waals surface area (Å²) in [5.74, 6) is 0. The molecule has 0 spiro atoms. The quantitative estimate of drug-likeness (QED) is 0.720. The molecular formula is C13H19NO. The molecule has 15 heavy (non-hydrogen) atoms. The topological polar surface area (TPSA) is 21.3 Å². The Bertz CT molecular complexity index is 320. The predicted molar refractivity (Wildman–Crippen MR) is 63.7 cm³/mol. The maximum Gasteiger partial charge on any atom is 0.0716 e. The van der Waals surface area contributed by atoms with Crippen LogP contribution in [0.3, 0.4) is 0 Å². The van der Waals surface area contributed by atoms with E-state index in [1.807, 2.05) is 13.0 Å². The number of methoxy groups -OCH3 is 1. The van der Waals surface area contributed by atoms with E-state index < -0.39 is 0 Å². The second-order valence-electron chi connectivity index (χ2n) is 3.76. The van der Waals surface area contributed by atoms with Crippen LogP contribution in [0.25, 0.3) is 0 Å². The summed E-state index contributed by atoms with van der Waals surface area (Å²) in [6, 6.07) is 8.31. The second-order valence-corrected chi connectivity index (χ2v) is 3.76. The van der Waals surface area contributed by atoms with Gasteiger partial charge in [0.2, 0.25) is 0 Å². The van der Waals surface area contributed by atoms with E-state index in [0.717, 1.165) is 18.7 Å². The van der Waals surface area contributed by atoms with Gasteiger partial charge in [0.05, 0.1) is 6.61 Å². The zero-order valence-corrected chi connectivity index (χ0v) is 9.55. The molecule has 82 valence electrons. The van der Waals surface area contributed by atoms with Crippen molar-refractivity contribution in [2.45, 2.75) is 20.1 Å². The van der Waals surface area contributed by atoms with Crippen molar-refractivity contribution < 1.29 is 4.74 Å². The van der Waals surface area contributed by atoms with Crippen LogP contribution in [0.15, 0.2) is 36.4 Å². The van der Waals surface area contributed by atoms with Crippen LogP contribution in [-0.4, -0.2) is 13.7 Å². The fourth-order valence-electron chi connectivity index (χ4n) is 1.44. The number of rotatable bonds is 6. The van der Waals surface area contributed by atoms with Crippen LogP contribution in [0.4, 0.5) is 0 Å². The molecule has 0 amide bonds. The van der Waals surface area contributed by atoms with Gasteiger partial charge in [0, 0.05) is 20.2 Å². The Labute approximate surface area is 92.0 Å². The first-order valence-electron chi connectivity index (χ1n) is 5.15. The first-order valence-corrected chi connectivity index (χ1v) is 5.15. The Balaban J connectivity index is 2.55. The largest absolute Gasteiger partial charge is 0.380 e. The van der Waals surface area contributed by atoms with Crippen molar-refractivity contribution in [1.29, 1.82) is 0 Å². The van der Waals surface area contributed by atoms with Gasteiger partial charge in [0.25, 0.3) is 0 Å². The van der Waals surface area contributed by atoms with Gasteiger partial charge in [0.15, 0.2) is 0 Å². The second kappa shape index (κ2) is 6.38. The number of ether oxygens (including phenoxy) is 1. The van der Waals surface area contributed by atoms with E-state index in [0.29, 0.717) is 6.61 Å². The van der Waals surface area contributed by atoms with Crippen LogP contribution < -0.4 is 5.32 Å². The molecule has 0 heterocycles. The van der Waals surface area contributed by atoms with Crippen molar-refractivity contribution in [3.8, 4) is 0 Å². The lowest BCUT2D eigenvalue weighted by Gasteiger charge is -2.09. The maximum absolute atomic E-state index is 5.15. The molecule has 0 atom stereocenters.